The SMILES string of the molecule is COc1cc(CCNC(=O)CC#N)ccc1OCCOc1ccccc1C. The number of amides is 1. The number of aryl methyl sites for hydroxylation is 1. The summed E-state index contributed by atoms with van der Waals surface area (Å²) >= 11 is 0. The van der Waals surface area contributed by atoms with E-state index in [2.05, 4.69) is 5.32 Å². The molecular formula is C21H24N2O4. The number of nitrogens with one attached hydrogen (secondary N) is 1. The second-order valence-electron chi connectivity index (χ2n) is 5.88. The van der Waals surface area contributed by atoms with Crippen LogP contribution in [-0.2, 0) is 11.2 Å². The van der Waals surface area contributed by atoms with Crippen molar-refractivity contribution in [1.82, 2.24) is 5.32 Å². The number of hydrogen-bond donors (Lipinski definition) is 1. The first-order chi connectivity index (χ1) is 13.1. The van der Waals surface area contributed by atoms with Crippen molar-refractivity contribution in [3.05, 3.63) is 53.6 Å². The Labute approximate surface area is 159 Å². The Morgan fingerprint density at radius 1 is 1.07 bits per heavy atom. The fraction of sp³-hybridized carbons (Fsp3) is 0.333. The van der Waals surface area contributed by atoms with Gasteiger partial charge in [0.15, 0.2) is 11.5 Å². The van der Waals surface area contributed by atoms with Crippen LogP contribution >= 0.6 is 0 Å². The minimum Gasteiger partial charge on any atom is -0.493 e. The highest BCUT2D eigenvalue weighted by Crippen LogP contribution is 2.28. The third-order valence-corrected chi connectivity index (χ3v) is 3.90. The Bertz CT molecular complexity index is 799. The lowest BCUT2D eigenvalue weighted by molar-refractivity contribution is -0.120. The fourth-order valence-electron chi connectivity index (χ4n) is 2.49. The molecule has 0 heterocycles. The van der Waals surface area contributed by atoms with Crippen molar-refractivity contribution >= 4 is 5.91 Å². The Morgan fingerprint density at radius 3 is 2.52 bits per heavy atom. The van der Waals surface area contributed by atoms with Crippen molar-refractivity contribution in [2.75, 3.05) is 26.9 Å². The molecule has 2 rings (SSSR count). The number of para-hydroxylation sites is 1. The molecule has 1 N–H and O–H groups in total. The first-order valence-corrected chi connectivity index (χ1v) is 8.76. The summed E-state index contributed by atoms with van der Waals surface area (Å²) in [6.45, 7) is 3.30. The van der Waals surface area contributed by atoms with Gasteiger partial charge in [-0.1, -0.05) is 24.3 Å². The van der Waals surface area contributed by atoms with Crippen molar-refractivity contribution < 1.29 is 19.0 Å². The van der Waals surface area contributed by atoms with Gasteiger partial charge in [-0.05, 0) is 42.7 Å². The molecule has 0 saturated heterocycles. The van der Waals surface area contributed by atoms with Gasteiger partial charge in [0, 0.05) is 6.54 Å². The van der Waals surface area contributed by atoms with Gasteiger partial charge in [-0.15, -0.1) is 0 Å². The highest BCUT2D eigenvalue weighted by Gasteiger charge is 2.07. The van der Waals surface area contributed by atoms with Crippen LogP contribution < -0.4 is 19.5 Å². The third kappa shape index (κ3) is 6.55. The molecular weight excluding hydrogens is 344 g/mol. The molecule has 0 saturated carbocycles. The van der Waals surface area contributed by atoms with E-state index in [0.29, 0.717) is 37.7 Å². The first-order valence-electron chi connectivity index (χ1n) is 8.76. The molecule has 27 heavy (non-hydrogen) atoms. The highest BCUT2D eigenvalue weighted by atomic mass is 16.5. The van der Waals surface area contributed by atoms with Crippen LogP contribution in [-0.4, -0.2) is 32.8 Å². The summed E-state index contributed by atoms with van der Waals surface area (Å²) in [4.78, 5) is 11.3. The van der Waals surface area contributed by atoms with Gasteiger partial charge in [0.1, 0.15) is 25.4 Å². The summed E-state index contributed by atoms with van der Waals surface area (Å²) in [5, 5.41) is 11.2. The number of hydrogen-bond acceptors (Lipinski definition) is 5. The monoisotopic (exact) mass is 368 g/mol. The Hall–Kier alpha value is -3.20. The van der Waals surface area contributed by atoms with E-state index in [4.69, 9.17) is 19.5 Å². The van der Waals surface area contributed by atoms with Gasteiger partial charge in [-0.25, -0.2) is 0 Å². The standard InChI is InChI=1S/C21H24N2O4/c1-16-5-3-4-6-18(16)26-13-14-27-19-8-7-17(15-20(19)25-2)10-12-23-21(24)9-11-22/h3-8,15H,9-10,12-14H2,1-2H3,(H,23,24). The summed E-state index contributed by atoms with van der Waals surface area (Å²) in [7, 11) is 1.59. The molecule has 0 atom stereocenters. The Morgan fingerprint density at radius 2 is 1.81 bits per heavy atom. The minimum atomic E-state index is -0.266. The molecule has 6 nitrogen and oxygen atoms in total. The van der Waals surface area contributed by atoms with Crippen molar-refractivity contribution in [2.24, 2.45) is 0 Å². The molecule has 2 aromatic carbocycles. The van der Waals surface area contributed by atoms with Crippen LogP contribution in [0.3, 0.4) is 0 Å². The first kappa shape index (κ1) is 20.1. The molecule has 0 aliphatic rings. The molecule has 0 aliphatic carbocycles. The van der Waals surface area contributed by atoms with Gasteiger partial charge in [0.2, 0.25) is 5.91 Å². The average molecular weight is 368 g/mol. The largest absolute Gasteiger partial charge is 0.493 e. The lowest BCUT2D eigenvalue weighted by atomic mass is 10.1. The van der Waals surface area contributed by atoms with Crippen LogP contribution in [0.2, 0.25) is 0 Å². The zero-order valence-electron chi connectivity index (χ0n) is 15.7. The predicted molar refractivity (Wildman–Crippen MR) is 102 cm³/mol. The van der Waals surface area contributed by atoms with Gasteiger partial charge < -0.3 is 19.5 Å². The Balaban J connectivity index is 1.82. The van der Waals surface area contributed by atoms with E-state index in [1.54, 1.807) is 7.11 Å². The van der Waals surface area contributed by atoms with Gasteiger partial charge in [0.05, 0.1) is 13.2 Å². The van der Waals surface area contributed by atoms with Crippen LogP contribution in [0.25, 0.3) is 0 Å². The van der Waals surface area contributed by atoms with E-state index in [1.165, 1.54) is 0 Å². The zero-order chi connectivity index (χ0) is 19.5. The maximum Gasteiger partial charge on any atom is 0.234 e. The molecule has 6 heteroatoms. The van der Waals surface area contributed by atoms with Crippen LogP contribution in [0.4, 0.5) is 0 Å². The summed E-state index contributed by atoms with van der Waals surface area (Å²) in [5.41, 5.74) is 2.09. The lowest BCUT2D eigenvalue weighted by Crippen LogP contribution is -2.24. The molecule has 142 valence electrons. The van der Waals surface area contributed by atoms with Crippen LogP contribution in [0, 0.1) is 18.3 Å². The number of nitriles is 1. The van der Waals surface area contributed by atoms with E-state index in [1.807, 2.05) is 55.5 Å². The molecule has 0 bridgehead atoms. The van der Waals surface area contributed by atoms with E-state index < -0.39 is 0 Å². The number of benzene rings is 2. The molecule has 2 aromatic rings. The van der Waals surface area contributed by atoms with E-state index in [9.17, 15) is 4.79 Å². The minimum absolute atomic E-state index is 0.124. The van der Waals surface area contributed by atoms with Crippen LogP contribution in [0.5, 0.6) is 17.2 Å². The molecule has 1 amide bonds. The van der Waals surface area contributed by atoms with Crippen LogP contribution in [0.1, 0.15) is 17.5 Å². The van der Waals surface area contributed by atoms with Crippen molar-refractivity contribution in [1.29, 1.82) is 5.26 Å². The second kappa shape index (κ2) is 10.7. The quantitative estimate of drug-likeness (QED) is 0.652. The molecule has 0 fully saturated rings. The smallest absolute Gasteiger partial charge is 0.234 e. The maximum atomic E-state index is 11.3. The topological polar surface area (TPSA) is 80.6 Å². The summed E-state index contributed by atoms with van der Waals surface area (Å²) < 4.78 is 16.9. The average Bonchev–Trinajstić information content (AvgIpc) is 2.67. The number of carbonyl (C=O) groups excluding carboxylic acids is 1. The number of nitrogens with zero attached hydrogens (tertiary/aromatic N) is 1. The zero-order valence-corrected chi connectivity index (χ0v) is 15.7. The molecule has 0 aromatic heterocycles. The van der Waals surface area contributed by atoms with Gasteiger partial charge >= 0.3 is 0 Å². The fourth-order valence-corrected chi connectivity index (χ4v) is 2.49. The van der Waals surface area contributed by atoms with Gasteiger partial charge in [0.25, 0.3) is 0 Å². The lowest BCUT2D eigenvalue weighted by Gasteiger charge is -2.13. The number of ether oxygens (including phenoxy) is 3. The molecule has 0 unspecified atom stereocenters. The highest BCUT2D eigenvalue weighted by molar-refractivity contribution is 5.77. The normalized spacial score (nSPS) is 9.96. The number of carbonyl (C=O) groups is 1. The van der Waals surface area contributed by atoms with Crippen LogP contribution in [0.15, 0.2) is 42.5 Å². The third-order valence-electron chi connectivity index (χ3n) is 3.90. The molecule has 0 aliphatic heterocycles. The molecule has 0 spiro atoms. The van der Waals surface area contributed by atoms with Crippen molar-refractivity contribution in [3.63, 3.8) is 0 Å². The van der Waals surface area contributed by atoms with E-state index >= 15 is 0 Å². The van der Waals surface area contributed by atoms with Crippen molar-refractivity contribution in [3.8, 4) is 23.3 Å². The van der Waals surface area contributed by atoms with E-state index in [-0.39, 0.29) is 12.3 Å². The Kier molecular flexibility index (Phi) is 7.98. The summed E-state index contributed by atoms with van der Waals surface area (Å²) in [6, 6.07) is 15.3. The summed E-state index contributed by atoms with van der Waals surface area (Å²) in [6.07, 6.45) is 0.519. The van der Waals surface area contributed by atoms with Gasteiger partial charge in [-0.2, -0.15) is 5.26 Å². The maximum absolute atomic E-state index is 11.3. The molecule has 0 radical (unpaired) electrons. The van der Waals surface area contributed by atoms with E-state index in [0.717, 1.165) is 16.9 Å². The number of methoxy groups -OCH3 is 1. The second-order valence-corrected chi connectivity index (χ2v) is 5.88. The summed E-state index contributed by atoms with van der Waals surface area (Å²) in [5.74, 6) is 1.86. The van der Waals surface area contributed by atoms with Crippen molar-refractivity contribution in [2.45, 2.75) is 19.8 Å². The predicted octanol–water partition coefficient (Wildman–Crippen LogP) is 3.03. The number of rotatable bonds is 10. The van der Waals surface area contributed by atoms with Gasteiger partial charge in [-0.3, -0.25) is 4.79 Å².